The van der Waals surface area contributed by atoms with Crippen LogP contribution in [0.1, 0.15) is 10.4 Å². The van der Waals surface area contributed by atoms with E-state index in [0.717, 1.165) is 12.3 Å². The van der Waals surface area contributed by atoms with Crippen LogP contribution in [0.3, 0.4) is 0 Å². The van der Waals surface area contributed by atoms with E-state index in [1.165, 1.54) is 18.3 Å². The van der Waals surface area contributed by atoms with Crippen molar-refractivity contribution >= 4 is 40.5 Å². The van der Waals surface area contributed by atoms with Gasteiger partial charge in [0.05, 0.1) is 10.5 Å². The van der Waals surface area contributed by atoms with Gasteiger partial charge in [-0.15, -0.1) is 0 Å². The van der Waals surface area contributed by atoms with Crippen LogP contribution in [0.5, 0.6) is 0 Å². The summed E-state index contributed by atoms with van der Waals surface area (Å²) in [5, 5.41) is 13.2. The summed E-state index contributed by atoms with van der Waals surface area (Å²) in [6.07, 6.45) is 2.38. The number of aromatic nitrogens is 2. The molecule has 0 aliphatic heterocycles. The quantitative estimate of drug-likeness (QED) is 0.533. The van der Waals surface area contributed by atoms with Crippen LogP contribution in [-0.2, 0) is 0 Å². The van der Waals surface area contributed by atoms with Gasteiger partial charge in [0.25, 0.3) is 11.6 Å². The van der Waals surface area contributed by atoms with Gasteiger partial charge in [-0.05, 0) is 12.1 Å². The zero-order valence-electron chi connectivity index (χ0n) is 9.71. The van der Waals surface area contributed by atoms with Crippen molar-refractivity contribution in [3.8, 4) is 0 Å². The second-order valence-corrected chi connectivity index (χ2v) is 4.36. The van der Waals surface area contributed by atoms with E-state index in [-0.39, 0.29) is 21.6 Å². The van der Waals surface area contributed by atoms with Gasteiger partial charge in [0.1, 0.15) is 16.5 Å². The Labute approximate surface area is 122 Å². The summed E-state index contributed by atoms with van der Waals surface area (Å²) in [5.41, 5.74) is -0.0429. The molecule has 0 spiro atoms. The number of hydrogen-bond acceptors (Lipinski definition) is 5. The highest BCUT2D eigenvalue weighted by Crippen LogP contribution is 2.21. The Morgan fingerprint density at radius 2 is 2.05 bits per heavy atom. The molecule has 102 valence electrons. The van der Waals surface area contributed by atoms with E-state index in [2.05, 4.69) is 15.3 Å². The molecule has 2 rings (SSSR count). The molecule has 0 radical (unpaired) electrons. The van der Waals surface area contributed by atoms with Gasteiger partial charge in [0, 0.05) is 18.0 Å². The third kappa shape index (κ3) is 3.19. The van der Waals surface area contributed by atoms with Crippen molar-refractivity contribution in [1.82, 2.24) is 9.97 Å². The number of hydrogen-bond donors (Lipinski definition) is 1. The predicted molar refractivity (Wildman–Crippen MR) is 73.1 cm³/mol. The zero-order valence-corrected chi connectivity index (χ0v) is 11.2. The number of carbonyl (C=O) groups excluding carboxylic acids is 1. The van der Waals surface area contributed by atoms with E-state index >= 15 is 0 Å². The summed E-state index contributed by atoms with van der Waals surface area (Å²) in [5.74, 6) is -0.631. The number of amides is 1. The Bertz CT molecular complexity index is 693. The van der Waals surface area contributed by atoms with Crippen molar-refractivity contribution in [2.45, 2.75) is 0 Å². The van der Waals surface area contributed by atoms with Crippen molar-refractivity contribution in [2.24, 2.45) is 0 Å². The number of rotatable bonds is 3. The highest BCUT2D eigenvalue weighted by Gasteiger charge is 2.17. The van der Waals surface area contributed by atoms with Crippen LogP contribution in [0.25, 0.3) is 0 Å². The summed E-state index contributed by atoms with van der Waals surface area (Å²) in [4.78, 5) is 29.4. The molecule has 0 atom stereocenters. The lowest BCUT2D eigenvalue weighted by Crippen LogP contribution is -2.13. The van der Waals surface area contributed by atoms with Crippen LogP contribution in [0.4, 0.5) is 11.4 Å². The molecule has 0 aromatic carbocycles. The predicted octanol–water partition coefficient (Wildman–Crippen LogP) is 2.94. The van der Waals surface area contributed by atoms with Gasteiger partial charge >= 0.3 is 0 Å². The topological polar surface area (TPSA) is 98.0 Å². The monoisotopic (exact) mass is 312 g/mol. The van der Waals surface area contributed by atoms with Gasteiger partial charge < -0.3 is 5.32 Å². The minimum absolute atomic E-state index is 0.103. The molecule has 20 heavy (non-hydrogen) atoms. The lowest BCUT2D eigenvalue weighted by molar-refractivity contribution is -0.385. The van der Waals surface area contributed by atoms with Gasteiger partial charge in [0.15, 0.2) is 0 Å². The molecule has 2 aromatic rings. The fraction of sp³-hybridized carbons (Fsp3) is 0. The Morgan fingerprint density at radius 3 is 2.70 bits per heavy atom. The number of nitro groups is 1. The molecular weight excluding hydrogens is 307 g/mol. The van der Waals surface area contributed by atoms with Crippen LogP contribution in [0, 0.1) is 10.1 Å². The first kappa shape index (κ1) is 14.2. The summed E-state index contributed by atoms with van der Waals surface area (Å²) < 4.78 is 0. The average Bonchev–Trinajstić information content (AvgIpc) is 2.38. The maximum Gasteiger partial charge on any atom is 0.288 e. The van der Waals surface area contributed by atoms with Crippen molar-refractivity contribution < 1.29 is 9.72 Å². The zero-order chi connectivity index (χ0) is 14.7. The number of pyridine rings is 2. The lowest BCUT2D eigenvalue weighted by Gasteiger charge is -2.06. The number of anilines is 1. The minimum atomic E-state index is -0.663. The van der Waals surface area contributed by atoms with Crippen LogP contribution in [0.15, 0.2) is 30.6 Å². The van der Waals surface area contributed by atoms with Crippen molar-refractivity contribution in [3.63, 3.8) is 0 Å². The van der Waals surface area contributed by atoms with Gasteiger partial charge in [-0.2, -0.15) is 0 Å². The van der Waals surface area contributed by atoms with E-state index in [4.69, 9.17) is 23.2 Å². The Morgan fingerprint density at radius 1 is 1.30 bits per heavy atom. The summed E-state index contributed by atoms with van der Waals surface area (Å²) in [6, 6.07) is 3.99. The molecule has 2 aromatic heterocycles. The molecule has 0 saturated heterocycles. The van der Waals surface area contributed by atoms with Crippen molar-refractivity contribution in [2.75, 3.05) is 5.32 Å². The van der Waals surface area contributed by atoms with Crippen LogP contribution < -0.4 is 5.32 Å². The Hall–Kier alpha value is -2.25. The maximum atomic E-state index is 12.0. The lowest BCUT2D eigenvalue weighted by atomic mass is 10.2. The normalized spacial score (nSPS) is 10.1. The van der Waals surface area contributed by atoms with E-state index in [9.17, 15) is 14.9 Å². The Balaban J connectivity index is 2.29. The maximum absolute atomic E-state index is 12.0. The first-order valence-corrected chi connectivity index (χ1v) is 5.96. The minimum Gasteiger partial charge on any atom is -0.322 e. The molecule has 0 aliphatic rings. The van der Waals surface area contributed by atoms with Gasteiger partial charge in [-0.25, -0.2) is 9.97 Å². The molecule has 0 unspecified atom stereocenters. The number of halogens is 2. The molecule has 0 fully saturated rings. The van der Waals surface area contributed by atoms with Gasteiger partial charge in [-0.1, -0.05) is 23.2 Å². The average molecular weight is 313 g/mol. The fourth-order valence-corrected chi connectivity index (χ4v) is 1.74. The summed E-state index contributed by atoms with van der Waals surface area (Å²) in [6.45, 7) is 0. The molecule has 1 N–H and O–H groups in total. The molecule has 0 bridgehead atoms. The second-order valence-electron chi connectivity index (χ2n) is 3.61. The van der Waals surface area contributed by atoms with Crippen LogP contribution in [-0.4, -0.2) is 20.8 Å². The van der Waals surface area contributed by atoms with Crippen molar-refractivity contribution in [3.05, 3.63) is 56.6 Å². The van der Waals surface area contributed by atoms with E-state index < -0.39 is 10.8 Å². The molecular formula is C11H6Cl2N4O3. The van der Waals surface area contributed by atoms with Crippen molar-refractivity contribution in [1.29, 1.82) is 0 Å². The smallest absolute Gasteiger partial charge is 0.288 e. The number of nitrogens with one attached hydrogen (secondary N) is 1. The van der Waals surface area contributed by atoms with E-state index in [1.807, 2.05) is 0 Å². The van der Waals surface area contributed by atoms with E-state index in [1.54, 1.807) is 0 Å². The Kier molecular flexibility index (Phi) is 4.11. The van der Waals surface area contributed by atoms with Crippen LogP contribution in [0.2, 0.25) is 10.3 Å². The van der Waals surface area contributed by atoms with E-state index in [0.29, 0.717) is 5.69 Å². The summed E-state index contributed by atoms with van der Waals surface area (Å²) >= 11 is 11.4. The molecule has 0 saturated carbocycles. The highest BCUT2D eigenvalue weighted by atomic mass is 35.5. The number of nitrogens with zero attached hydrogens (tertiary/aromatic N) is 3. The van der Waals surface area contributed by atoms with Crippen LogP contribution >= 0.6 is 23.2 Å². The molecule has 1 amide bonds. The first-order chi connectivity index (χ1) is 9.47. The fourth-order valence-electron chi connectivity index (χ4n) is 1.37. The SMILES string of the molecule is O=C(Nc1ccnc(Cl)c1)c1cc([N+](=O)[O-])cnc1Cl. The highest BCUT2D eigenvalue weighted by molar-refractivity contribution is 6.33. The first-order valence-electron chi connectivity index (χ1n) is 5.20. The molecule has 7 nitrogen and oxygen atoms in total. The third-order valence-corrected chi connectivity index (χ3v) is 2.77. The van der Waals surface area contributed by atoms with Gasteiger partial charge in [-0.3, -0.25) is 14.9 Å². The third-order valence-electron chi connectivity index (χ3n) is 2.26. The van der Waals surface area contributed by atoms with Gasteiger partial charge in [0.2, 0.25) is 0 Å². The molecule has 9 heteroatoms. The summed E-state index contributed by atoms with van der Waals surface area (Å²) in [7, 11) is 0. The second kappa shape index (κ2) is 5.81. The largest absolute Gasteiger partial charge is 0.322 e. The molecule has 2 heterocycles. The molecule has 0 aliphatic carbocycles. The standard InChI is InChI=1S/C11H6Cl2N4O3/c12-9-3-6(1-2-14-9)16-11(18)8-4-7(17(19)20)5-15-10(8)13/h1-5H,(H,14,16,18). The number of carbonyl (C=O) groups is 1.